The molecule has 0 spiro atoms. The topological polar surface area (TPSA) is 48.5 Å². The standard InChI is InChI=1S/C6H11N3/c1-4-8-9-6(2,3)5-7/h4H2,1-3H3/b9-8+. The molecule has 50 valence electrons. The van der Waals surface area contributed by atoms with Gasteiger partial charge in [0.1, 0.15) is 0 Å². The minimum Gasteiger partial charge on any atom is -0.196 e. The van der Waals surface area contributed by atoms with Gasteiger partial charge in [-0.2, -0.15) is 15.5 Å². The number of rotatable bonds is 2. The normalized spacial score (nSPS) is 11.8. The molecule has 0 saturated carbocycles. The Labute approximate surface area is 55.4 Å². The fourth-order valence-corrected chi connectivity index (χ4v) is 0.270. The second-order valence-electron chi connectivity index (χ2n) is 2.23. The molecule has 9 heavy (non-hydrogen) atoms. The molecule has 0 heterocycles. The Morgan fingerprint density at radius 3 is 2.44 bits per heavy atom. The first-order valence-corrected chi connectivity index (χ1v) is 2.92. The van der Waals surface area contributed by atoms with Crippen molar-refractivity contribution >= 4 is 0 Å². The molecule has 0 aliphatic heterocycles. The van der Waals surface area contributed by atoms with E-state index in [-0.39, 0.29) is 0 Å². The zero-order valence-electron chi connectivity index (χ0n) is 6.05. The van der Waals surface area contributed by atoms with Crippen LogP contribution in [0.5, 0.6) is 0 Å². The van der Waals surface area contributed by atoms with E-state index in [1.807, 2.05) is 13.0 Å². The fraction of sp³-hybridized carbons (Fsp3) is 0.833. The second-order valence-corrected chi connectivity index (χ2v) is 2.23. The van der Waals surface area contributed by atoms with Crippen LogP contribution in [0.3, 0.4) is 0 Å². The van der Waals surface area contributed by atoms with Gasteiger partial charge in [0.15, 0.2) is 5.54 Å². The van der Waals surface area contributed by atoms with Crippen LogP contribution in [0.25, 0.3) is 0 Å². The molecule has 0 N–H and O–H groups in total. The van der Waals surface area contributed by atoms with Crippen LogP contribution >= 0.6 is 0 Å². The van der Waals surface area contributed by atoms with Gasteiger partial charge in [-0.05, 0) is 20.8 Å². The number of nitriles is 1. The lowest BCUT2D eigenvalue weighted by Gasteiger charge is -2.03. The summed E-state index contributed by atoms with van der Waals surface area (Å²) in [5.74, 6) is 0. The van der Waals surface area contributed by atoms with Crippen LogP contribution in [-0.4, -0.2) is 12.1 Å². The van der Waals surface area contributed by atoms with E-state index in [1.54, 1.807) is 13.8 Å². The molecular formula is C6H11N3. The Bertz CT molecular complexity index is 141. The molecule has 0 aliphatic rings. The first-order valence-electron chi connectivity index (χ1n) is 2.92. The largest absolute Gasteiger partial charge is 0.196 e. The molecule has 0 atom stereocenters. The van der Waals surface area contributed by atoms with Gasteiger partial charge in [0.25, 0.3) is 0 Å². The first-order chi connectivity index (χ1) is 4.12. The summed E-state index contributed by atoms with van der Waals surface area (Å²) < 4.78 is 0. The van der Waals surface area contributed by atoms with E-state index >= 15 is 0 Å². The lowest BCUT2D eigenvalue weighted by molar-refractivity contribution is 0.617. The molecule has 0 aromatic heterocycles. The van der Waals surface area contributed by atoms with Crippen LogP contribution in [0.15, 0.2) is 10.2 Å². The Kier molecular flexibility index (Phi) is 2.86. The summed E-state index contributed by atoms with van der Waals surface area (Å²) in [6.07, 6.45) is 0. The summed E-state index contributed by atoms with van der Waals surface area (Å²) in [7, 11) is 0. The molecule has 0 fully saturated rings. The van der Waals surface area contributed by atoms with E-state index < -0.39 is 5.54 Å². The van der Waals surface area contributed by atoms with Crippen LogP contribution in [0.2, 0.25) is 0 Å². The summed E-state index contributed by atoms with van der Waals surface area (Å²) in [6.45, 7) is 5.99. The zero-order chi connectivity index (χ0) is 7.33. The Morgan fingerprint density at radius 2 is 2.11 bits per heavy atom. The molecule has 3 heteroatoms. The third kappa shape index (κ3) is 3.65. The maximum Gasteiger partial charge on any atom is 0.161 e. The lowest BCUT2D eigenvalue weighted by atomic mass is 10.1. The quantitative estimate of drug-likeness (QED) is 0.519. The van der Waals surface area contributed by atoms with E-state index in [2.05, 4.69) is 10.2 Å². The maximum absolute atomic E-state index is 8.42. The monoisotopic (exact) mass is 125 g/mol. The highest BCUT2D eigenvalue weighted by Crippen LogP contribution is 2.05. The van der Waals surface area contributed by atoms with Gasteiger partial charge in [0.05, 0.1) is 12.6 Å². The summed E-state index contributed by atoms with van der Waals surface area (Å²) in [5.41, 5.74) is -0.643. The van der Waals surface area contributed by atoms with E-state index in [4.69, 9.17) is 5.26 Å². The van der Waals surface area contributed by atoms with Crippen molar-refractivity contribution in [2.24, 2.45) is 10.2 Å². The molecule has 0 bridgehead atoms. The van der Waals surface area contributed by atoms with Gasteiger partial charge < -0.3 is 0 Å². The molecule has 0 rings (SSSR count). The molecule has 0 aromatic carbocycles. The van der Waals surface area contributed by atoms with Crippen LogP contribution in [0.4, 0.5) is 0 Å². The van der Waals surface area contributed by atoms with Crippen LogP contribution < -0.4 is 0 Å². The average Bonchev–Trinajstić information content (AvgIpc) is 1.84. The van der Waals surface area contributed by atoms with Crippen LogP contribution in [0.1, 0.15) is 20.8 Å². The van der Waals surface area contributed by atoms with Crippen LogP contribution in [-0.2, 0) is 0 Å². The van der Waals surface area contributed by atoms with Crippen molar-refractivity contribution < 1.29 is 0 Å². The van der Waals surface area contributed by atoms with Gasteiger partial charge in [-0.25, -0.2) is 0 Å². The first kappa shape index (κ1) is 8.09. The van der Waals surface area contributed by atoms with Gasteiger partial charge in [0, 0.05) is 0 Å². The van der Waals surface area contributed by atoms with Gasteiger partial charge in [-0.1, -0.05) is 0 Å². The van der Waals surface area contributed by atoms with Crippen molar-refractivity contribution in [2.45, 2.75) is 26.3 Å². The summed E-state index contributed by atoms with van der Waals surface area (Å²) >= 11 is 0. The minimum atomic E-state index is -0.643. The van der Waals surface area contributed by atoms with E-state index in [9.17, 15) is 0 Å². The number of hydrogen-bond donors (Lipinski definition) is 0. The van der Waals surface area contributed by atoms with E-state index in [0.29, 0.717) is 6.54 Å². The van der Waals surface area contributed by atoms with Crippen molar-refractivity contribution in [1.29, 1.82) is 5.26 Å². The maximum atomic E-state index is 8.42. The highest BCUT2D eigenvalue weighted by molar-refractivity contribution is 4.98. The number of nitrogens with zero attached hydrogens (tertiary/aromatic N) is 3. The molecule has 0 amide bonds. The van der Waals surface area contributed by atoms with Gasteiger partial charge in [-0.15, -0.1) is 0 Å². The molecule has 0 radical (unpaired) electrons. The summed E-state index contributed by atoms with van der Waals surface area (Å²) in [4.78, 5) is 0. The second kappa shape index (κ2) is 3.18. The lowest BCUT2D eigenvalue weighted by Crippen LogP contribution is -2.11. The number of hydrogen-bond acceptors (Lipinski definition) is 3. The molecule has 0 saturated heterocycles. The van der Waals surface area contributed by atoms with Crippen molar-refractivity contribution in [2.75, 3.05) is 6.54 Å². The zero-order valence-corrected chi connectivity index (χ0v) is 6.05. The Balaban J connectivity index is 3.90. The van der Waals surface area contributed by atoms with Crippen LogP contribution in [0, 0.1) is 11.3 Å². The molecule has 0 aromatic rings. The third-order valence-electron chi connectivity index (χ3n) is 0.736. The van der Waals surface area contributed by atoms with Gasteiger partial charge >= 0.3 is 0 Å². The Morgan fingerprint density at radius 1 is 1.56 bits per heavy atom. The Hall–Kier alpha value is -0.910. The molecule has 0 unspecified atom stereocenters. The minimum absolute atomic E-state index is 0.643. The van der Waals surface area contributed by atoms with E-state index in [0.717, 1.165) is 0 Å². The smallest absolute Gasteiger partial charge is 0.161 e. The van der Waals surface area contributed by atoms with E-state index in [1.165, 1.54) is 0 Å². The summed E-state index contributed by atoms with van der Waals surface area (Å²) in [5, 5.41) is 15.9. The van der Waals surface area contributed by atoms with Crippen molar-refractivity contribution in [3.63, 3.8) is 0 Å². The molecule has 3 nitrogen and oxygen atoms in total. The molecular weight excluding hydrogens is 114 g/mol. The summed E-state index contributed by atoms with van der Waals surface area (Å²) in [6, 6.07) is 2.02. The number of azo groups is 1. The highest BCUT2D eigenvalue weighted by Gasteiger charge is 2.13. The van der Waals surface area contributed by atoms with Crippen molar-refractivity contribution in [3.05, 3.63) is 0 Å². The average molecular weight is 125 g/mol. The van der Waals surface area contributed by atoms with Gasteiger partial charge in [-0.3, -0.25) is 0 Å². The van der Waals surface area contributed by atoms with Crippen molar-refractivity contribution in [3.8, 4) is 6.07 Å². The van der Waals surface area contributed by atoms with Gasteiger partial charge in [0.2, 0.25) is 0 Å². The third-order valence-corrected chi connectivity index (χ3v) is 0.736. The fourth-order valence-electron chi connectivity index (χ4n) is 0.270. The van der Waals surface area contributed by atoms with Crippen molar-refractivity contribution in [1.82, 2.24) is 0 Å². The highest BCUT2D eigenvalue weighted by atomic mass is 15.1. The predicted octanol–water partition coefficient (Wildman–Crippen LogP) is 1.76. The molecule has 0 aliphatic carbocycles. The SMILES string of the molecule is CC/N=N/C(C)(C)C#N. The predicted molar refractivity (Wildman–Crippen MR) is 35.1 cm³/mol.